The Balaban J connectivity index is 2.36. The summed E-state index contributed by atoms with van der Waals surface area (Å²) in [5, 5.41) is 13.7. The van der Waals surface area contributed by atoms with Gasteiger partial charge in [0.15, 0.2) is 0 Å². The maximum atomic E-state index is 9.39. The van der Waals surface area contributed by atoms with Crippen molar-refractivity contribution in [1.29, 1.82) is 0 Å². The van der Waals surface area contributed by atoms with Crippen LogP contribution in [0.2, 0.25) is 0 Å². The second kappa shape index (κ2) is 4.49. The Bertz CT molecular complexity index is 532. The van der Waals surface area contributed by atoms with Crippen molar-refractivity contribution >= 4 is 0 Å². The maximum absolute atomic E-state index is 9.39. The van der Waals surface area contributed by atoms with E-state index in [-0.39, 0.29) is 5.75 Å². The summed E-state index contributed by atoms with van der Waals surface area (Å²) in [6.07, 6.45) is 0.869. The number of phenolic OH excluding ortho intramolecular Hbond substituents is 1. The van der Waals surface area contributed by atoms with Crippen LogP contribution >= 0.6 is 0 Å². The molecule has 0 aliphatic heterocycles. The van der Waals surface area contributed by atoms with Gasteiger partial charge < -0.3 is 9.84 Å². The summed E-state index contributed by atoms with van der Waals surface area (Å²) >= 11 is 0. The molecule has 4 nitrogen and oxygen atoms in total. The first-order valence-electron chi connectivity index (χ1n) is 5.61. The van der Waals surface area contributed by atoms with Gasteiger partial charge in [-0.3, -0.25) is 0 Å². The van der Waals surface area contributed by atoms with Gasteiger partial charge in [-0.1, -0.05) is 13.0 Å². The number of hydrogen-bond donors (Lipinski definition) is 1. The number of rotatable bonds is 3. The molecule has 0 aliphatic rings. The van der Waals surface area contributed by atoms with Crippen molar-refractivity contribution in [2.45, 2.75) is 20.3 Å². The minimum atomic E-state index is 0.194. The zero-order chi connectivity index (χ0) is 12.4. The Morgan fingerprint density at radius 2 is 2.18 bits per heavy atom. The number of aryl methyl sites for hydroxylation is 2. The van der Waals surface area contributed by atoms with Crippen LogP contribution in [0.15, 0.2) is 24.3 Å². The molecule has 90 valence electrons. The second-order valence-electron chi connectivity index (χ2n) is 3.95. The predicted molar refractivity (Wildman–Crippen MR) is 65.5 cm³/mol. The van der Waals surface area contributed by atoms with E-state index in [2.05, 4.69) is 12.0 Å². The lowest BCUT2D eigenvalue weighted by atomic mass is 10.2. The van der Waals surface area contributed by atoms with Gasteiger partial charge in [-0.2, -0.15) is 5.10 Å². The number of aromatic hydroxyl groups is 1. The second-order valence-corrected chi connectivity index (χ2v) is 3.95. The molecule has 17 heavy (non-hydrogen) atoms. The van der Waals surface area contributed by atoms with Crippen LogP contribution in [0.1, 0.15) is 18.2 Å². The van der Waals surface area contributed by atoms with E-state index in [9.17, 15) is 5.11 Å². The first-order chi connectivity index (χ1) is 8.11. The molecule has 0 aliphatic carbocycles. The molecule has 0 radical (unpaired) electrons. The van der Waals surface area contributed by atoms with Crippen LogP contribution in [0.4, 0.5) is 0 Å². The monoisotopic (exact) mass is 232 g/mol. The summed E-state index contributed by atoms with van der Waals surface area (Å²) in [6, 6.07) is 6.75. The molecule has 0 saturated heterocycles. The van der Waals surface area contributed by atoms with Crippen LogP contribution in [0, 0.1) is 6.92 Å². The van der Waals surface area contributed by atoms with Crippen LogP contribution in [0.25, 0.3) is 0 Å². The van der Waals surface area contributed by atoms with Crippen LogP contribution < -0.4 is 4.74 Å². The lowest BCUT2D eigenvalue weighted by molar-refractivity contribution is 0.419. The van der Waals surface area contributed by atoms with Crippen LogP contribution in [0.3, 0.4) is 0 Å². The molecular weight excluding hydrogens is 216 g/mol. The standard InChI is InChI=1S/C13H16N2O2/c1-4-12-9(2)14-15(3)13(12)17-11-7-5-6-10(16)8-11/h5-8,16H,4H2,1-3H3. The van der Waals surface area contributed by atoms with Gasteiger partial charge >= 0.3 is 0 Å². The molecule has 1 N–H and O–H groups in total. The summed E-state index contributed by atoms with van der Waals surface area (Å²) in [7, 11) is 1.85. The fraction of sp³-hybridized carbons (Fsp3) is 0.308. The van der Waals surface area contributed by atoms with Gasteiger partial charge in [0.1, 0.15) is 11.5 Å². The molecule has 2 aromatic rings. The van der Waals surface area contributed by atoms with E-state index >= 15 is 0 Å². The zero-order valence-corrected chi connectivity index (χ0v) is 10.3. The number of aromatic nitrogens is 2. The lowest BCUT2D eigenvalue weighted by Gasteiger charge is -2.08. The summed E-state index contributed by atoms with van der Waals surface area (Å²) < 4.78 is 7.49. The fourth-order valence-corrected chi connectivity index (χ4v) is 1.87. The van der Waals surface area contributed by atoms with E-state index in [1.807, 2.05) is 20.0 Å². The molecule has 0 saturated carbocycles. The quantitative estimate of drug-likeness (QED) is 0.885. The summed E-state index contributed by atoms with van der Waals surface area (Å²) in [5.41, 5.74) is 2.07. The van der Waals surface area contributed by atoms with E-state index in [4.69, 9.17) is 4.74 Å². The molecule has 0 spiro atoms. The number of ether oxygens (including phenoxy) is 1. The van der Waals surface area contributed by atoms with Gasteiger partial charge in [-0.25, -0.2) is 4.68 Å². The Morgan fingerprint density at radius 3 is 2.82 bits per heavy atom. The van der Waals surface area contributed by atoms with Gasteiger partial charge in [0.05, 0.1) is 5.69 Å². The highest BCUT2D eigenvalue weighted by Gasteiger charge is 2.13. The van der Waals surface area contributed by atoms with Crippen molar-refractivity contribution in [3.63, 3.8) is 0 Å². The van der Waals surface area contributed by atoms with E-state index < -0.39 is 0 Å². The molecule has 0 unspecified atom stereocenters. The molecule has 1 aromatic heterocycles. The number of hydrogen-bond acceptors (Lipinski definition) is 3. The number of nitrogens with zero attached hydrogens (tertiary/aromatic N) is 2. The van der Waals surface area contributed by atoms with Crippen molar-refractivity contribution in [2.24, 2.45) is 7.05 Å². The average molecular weight is 232 g/mol. The SMILES string of the molecule is CCc1c(C)nn(C)c1Oc1cccc(O)c1. The fourth-order valence-electron chi connectivity index (χ4n) is 1.87. The van der Waals surface area contributed by atoms with E-state index in [0.717, 1.165) is 23.6 Å². The smallest absolute Gasteiger partial charge is 0.221 e. The Kier molecular flexibility index (Phi) is 3.04. The minimum absolute atomic E-state index is 0.194. The van der Waals surface area contributed by atoms with Gasteiger partial charge in [0, 0.05) is 18.7 Å². The molecule has 0 fully saturated rings. The van der Waals surface area contributed by atoms with Crippen molar-refractivity contribution in [2.75, 3.05) is 0 Å². The highest BCUT2D eigenvalue weighted by molar-refractivity contribution is 5.38. The first-order valence-corrected chi connectivity index (χ1v) is 5.61. The summed E-state index contributed by atoms with van der Waals surface area (Å²) in [6.45, 7) is 4.04. The van der Waals surface area contributed by atoms with Gasteiger partial charge in [-0.05, 0) is 25.5 Å². The van der Waals surface area contributed by atoms with E-state index in [1.165, 1.54) is 0 Å². The lowest BCUT2D eigenvalue weighted by Crippen LogP contribution is -1.96. The predicted octanol–water partition coefficient (Wildman–Crippen LogP) is 2.79. The zero-order valence-electron chi connectivity index (χ0n) is 10.3. The molecular formula is C13H16N2O2. The molecule has 0 atom stereocenters. The normalized spacial score (nSPS) is 10.5. The molecule has 0 amide bonds. The van der Waals surface area contributed by atoms with E-state index in [1.54, 1.807) is 22.9 Å². The largest absolute Gasteiger partial charge is 0.508 e. The third kappa shape index (κ3) is 2.25. The third-order valence-electron chi connectivity index (χ3n) is 2.67. The third-order valence-corrected chi connectivity index (χ3v) is 2.67. The van der Waals surface area contributed by atoms with Crippen molar-refractivity contribution < 1.29 is 9.84 Å². The van der Waals surface area contributed by atoms with E-state index in [0.29, 0.717) is 5.75 Å². The minimum Gasteiger partial charge on any atom is -0.508 e. The molecule has 1 aromatic carbocycles. The van der Waals surface area contributed by atoms with Crippen LogP contribution in [0.5, 0.6) is 17.4 Å². The van der Waals surface area contributed by atoms with Gasteiger partial charge in [-0.15, -0.1) is 0 Å². The maximum Gasteiger partial charge on any atom is 0.221 e. The summed E-state index contributed by atoms with van der Waals surface area (Å²) in [5.74, 6) is 1.54. The van der Waals surface area contributed by atoms with Crippen molar-refractivity contribution in [1.82, 2.24) is 9.78 Å². The van der Waals surface area contributed by atoms with Crippen molar-refractivity contribution in [3.8, 4) is 17.4 Å². The Hall–Kier alpha value is -1.97. The molecule has 2 rings (SSSR count). The van der Waals surface area contributed by atoms with Crippen molar-refractivity contribution in [3.05, 3.63) is 35.5 Å². The Morgan fingerprint density at radius 1 is 1.41 bits per heavy atom. The van der Waals surface area contributed by atoms with Crippen LogP contribution in [-0.4, -0.2) is 14.9 Å². The Labute approximate surface area is 100 Å². The molecule has 4 heteroatoms. The topological polar surface area (TPSA) is 47.3 Å². The average Bonchev–Trinajstić information content (AvgIpc) is 2.53. The van der Waals surface area contributed by atoms with Crippen LogP contribution in [-0.2, 0) is 13.5 Å². The molecule has 0 bridgehead atoms. The number of phenols is 1. The van der Waals surface area contributed by atoms with Gasteiger partial charge in [0.25, 0.3) is 0 Å². The van der Waals surface area contributed by atoms with Gasteiger partial charge in [0.2, 0.25) is 5.88 Å². The molecule has 1 heterocycles. The number of benzene rings is 1. The first kappa shape index (κ1) is 11.5. The highest BCUT2D eigenvalue weighted by atomic mass is 16.5. The summed E-state index contributed by atoms with van der Waals surface area (Å²) in [4.78, 5) is 0. The highest BCUT2D eigenvalue weighted by Crippen LogP contribution is 2.29.